The molecule has 188 valence electrons. The molecule has 0 amide bonds. The maximum absolute atomic E-state index is 13.9. The zero-order chi connectivity index (χ0) is 25.9. The second-order valence-corrected chi connectivity index (χ2v) is 8.09. The molecule has 0 radical (unpaired) electrons. The lowest BCUT2D eigenvalue weighted by atomic mass is 9.97. The molecule has 0 fully saturated rings. The van der Waals surface area contributed by atoms with Crippen molar-refractivity contribution < 1.29 is 36.2 Å². The van der Waals surface area contributed by atoms with Gasteiger partial charge in [-0.25, -0.2) is 4.39 Å². The van der Waals surface area contributed by atoms with E-state index in [-0.39, 0.29) is 42.9 Å². The monoisotopic (exact) mass is 501 g/mol. The van der Waals surface area contributed by atoms with E-state index < -0.39 is 23.5 Å². The van der Waals surface area contributed by atoms with E-state index in [2.05, 4.69) is 0 Å². The molecular weight excluding hydrogens is 478 g/mol. The number of hydrogen-bond acceptors (Lipinski definition) is 5. The van der Waals surface area contributed by atoms with Gasteiger partial charge in [-0.2, -0.15) is 13.2 Å². The predicted octanol–water partition coefficient (Wildman–Crippen LogP) is 6.40. The maximum Gasteiger partial charge on any atom is 0.420 e. The minimum atomic E-state index is -4.63. The number of carbonyl (C=O) groups excluding carboxylic acids is 1. The van der Waals surface area contributed by atoms with Crippen molar-refractivity contribution in [2.24, 2.45) is 5.73 Å². The molecule has 9 heteroatoms. The Balaban J connectivity index is 1.75. The summed E-state index contributed by atoms with van der Waals surface area (Å²) in [5.74, 6) is -0.995. The van der Waals surface area contributed by atoms with E-state index in [9.17, 15) is 22.4 Å². The number of furan rings is 1. The molecule has 0 aliphatic rings. The van der Waals surface area contributed by atoms with Gasteiger partial charge in [-0.15, -0.1) is 0 Å². The van der Waals surface area contributed by atoms with Crippen LogP contribution in [-0.2, 0) is 35.3 Å². The molecule has 0 unspecified atom stereocenters. The van der Waals surface area contributed by atoms with Gasteiger partial charge in [0.1, 0.15) is 35.6 Å². The van der Waals surface area contributed by atoms with Crippen LogP contribution >= 0.6 is 0 Å². The zero-order valence-electron chi connectivity index (χ0n) is 19.3. The third kappa shape index (κ3) is 5.52. The normalized spacial score (nSPS) is 11.6. The number of carbonyl (C=O) groups is 1. The van der Waals surface area contributed by atoms with Crippen molar-refractivity contribution in [2.75, 3.05) is 6.61 Å². The van der Waals surface area contributed by atoms with Gasteiger partial charge in [0.2, 0.25) is 0 Å². The van der Waals surface area contributed by atoms with Crippen LogP contribution in [0.25, 0.3) is 22.1 Å². The van der Waals surface area contributed by atoms with E-state index in [1.165, 1.54) is 18.2 Å². The molecular formula is C27H23F4NO4. The molecule has 2 N–H and O–H groups in total. The highest BCUT2D eigenvalue weighted by atomic mass is 19.4. The van der Waals surface area contributed by atoms with Crippen LogP contribution in [0.4, 0.5) is 17.6 Å². The lowest BCUT2D eigenvalue weighted by Crippen LogP contribution is -2.09. The molecule has 0 bridgehead atoms. The van der Waals surface area contributed by atoms with E-state index in [0.717, 1.165) is 11.6 Å². The fraction of sp³-hybridized carbons (Fsp3) is 0.222. The summed E-state index contributed by atoms with van der Waals surface area (Å²) >= 11 is 0. The quantitative estimate of drug-likeness (QED) is 0.223. The summed E-state index contributed by atoms with van der Waals surface area (Å²) in [5.41, 5.74) is 7.55. The van der Waals surface area contributed by atoms with Crippen LogP contribution in [0.3, 0.4) is 0 Å². The Labute approximate surface area is 204 Å². The summed E-state index contributed by atoms with van der Waals surface area (Å²) in [6.45, 7) is 1.94. The maximum atomic E-state index is 13.9. The Morgan fingerprint density at radius 1 is 1.06 bits per heavy atom. The average molecular weight is 501 g/mol. The van der Waals surface area contributed by atoms with Gasteiger partial charge >= 0.3 is 12.1 Å². The number of hydrogen-bond donors (Lipinski definition) is 1. The van der Waals surface area contributed by atoms with Gasteiger partial charge in [0.05, 0.1) is 13.0 Å². The van der Waals surface area contributed by atoms with Crippen molar-refractivity contribution in [1.29, 1.82) is 0 Å². The summed E-state index contributed by atoms with van der Waals surface area (Å²) in [5, 5.41) is -0.122. The van der Waals surface area contributed by atoms with Crippen LogP contribution in [0.5, 0.6) is 5.75 Å². The first-order chi connectivity index (χ1) is 17.2. The van der Waals surface area contributed by atoms with Crippen molar-refractivity contribution in [3.63, 3.8) is 0 Å². The van der Waals surface area contributed by atoms with Crippen LogP contribution in [0, 0.1) is 5.82 Å². The Hall–Kier alpha value is -3.85. The van der Waals surface area contributed by atoms with Crippen LogP contribution in [0.2, 0.25) is 0 Å². The Bertz CT molecular complexity index is 1390. The second kappa shape index (κ2) is 10.4. The van der Waals surface area contributed by atoms with Gasteiger partial charge in [-0.05, 0) is 47.9 Å². The largest absolute Gasteiger partial charge is 0.488 e. The fourth-order valence-electron chi connectivity index (χ4n) is 3.92. The van der Waals surface area contributed by atoms with Gasteiger partial charge < -0.3 is 19.6 Å². The Morgan fingerprint density at radius 2 is 1.86 bits per heavy atom. The zero-order valence-corrected chi connectivity index (χ0v) is 19.3. The summed E-state index contributed by atoms with van der Waals surface area (Å²) < 4.78 is 71.0. The number of halogens is 4. The first-order valence-corrected chi connectivity index (χ1v) is 11.2. The van der Waals surface area contributed by atoms with Crippen molar-refractivity contribution in [1.82, 2.24) is 0 Å². The lowest BCUT2D eigenvalue weighted by molar-refractivity contribution is -0.142. The molecule has 0 saturated carbocycles. The number of ether oxygens (including phenoxy) is 2. The second-order valence-electron chi connectivity index (χ2n) is 8.09. The van der Waals surface area contributed by atoms with Crippen molar-refractivity contribution in [3.05, 3.63) is 88.9 Å². The Morgan fingerprint density at radius 3 is 2.58 bits per heavy atom. The van der Waals surface area contributed by atoms with Gasteiger partial charge in [0, 0.05) is 29.1 Å². The molecule has 0 aliphatic heterocycles. The minimum Gasteiger partial charge on any atom is -0.488 e. The molecule has 1 aromatic heterocycles. The smallest absolute Gasteiger partial charge is 0.420 e. The van der Waals surface area contributed by atoms with E-state index in [1.54, 1.807) is 31.2 Å². The highest BCUT2D eigenvalue weighted by Gasteiger charge is 2.35. The first-order valence-electron chi connectivity index (χ1n) is 11.2. The highest BCUT2D eigenvalue weighted by Crippen LogP contribution is 2.40. The molecule has 3 aromatic carbocycles. The van der Waals surface area contributed by atoms with E-state index in [1.807, 2.05) is 6.07 Å². The van der Waals surface area contributed by atoms with E-state index in [4.69, 9.17) is 19.6 Å². The summed E-state index contributed by atoms with van der Waals surface area (Å²) in [4.78, 5) is 11.9. The topological polar surface area (TPSA) is 74.7 Å². The van der Waals surface area contributed by atoms with Crippen molar-refractivity contribution in [2.45, 2.75) is 32.7 Å². The first kappa shape index (κ1) is 25.2. The minimum absolute atomic E-state index is 0.0778. The molecule has 0 spiro atoms. The fourth-order valence-corrected chi connectivity index (χ4v) is 3.92. The third-order valence-corrected chi connectivity index (χ3v) is 5.58. The molecule has 4 rings (SSSR count). The van der Waals surface area contributed by atoms with Crippen LogP contribution in [0.1, 0.15) is 29.2 Å². The van der Waals surface area contributed by atoms with E-state index >= 15 is 0 Å². The highest BCUT2D eigenvalue weighted by molar-refractivity contribution is 5.95. The van der Waals surface area contributed by atoms with Crippen LogP contribution in [0.15, 0.2) is 65.3 Å². The summed E-state index contributed by atoms with van der Waals surface area (Å²) in [6.07, 6.45) is -4.08. The molecule has 4 aromatic rings. The van der Waals surface area contributed by atoms with Gasteiger partial charge in [-0.1, -0.05) is 24.3 Å². The van der Waals surface area contributed by atoms with Crippen molar-refractivity contribution >= 4 is 16.9 Å². The molecule has 0 atom stereocenters. The van der Waals surface area contributed by atoms with Crippen molar-refractivity contribution in [3.8, 4) is 16.9 Å². The van der Waals surface area contributed by atoms with Crippen LogP contribution < -0.4 is 10.5 Å². The van der Waals surface area contributed by atoms with Crippen LogP contribution in [-0.4, -0.2) is 12.6 Å². The van der Waals surface area contributed by atoms with Gasteiger partial charge in [-0.3, -0.25) is 4.79 Å². The van der Waals surface area contributed by atoms with E-state index in [0.29, 0.717) is 28.5 Å². The Kier molecular flexibility index (Phi) is 7.30. The average Bonchev–Trinajstić information content (AvgIpc) is 3.28. The molecule has 1 heterocycles. The number of esters is 1. The third-order valence-electron chi connectivity index (χ3n) is 5.58. The molecule has 36 heavy (non-hydrogen) atoms. The molecule has 0 saturated heterocycles. The summed E-state index contributed by atoms with van der Waals surface area (Å²) in [7, 11) is 0. The summed E-state index contributed by atoms with van der Waals surface area (Å²) in [6, 6.07) is 13.8. The SMILES string of the molecule is CCOC(=O)Cc1ccc(F)cc1OCc1cc(-c2cccc(CN)c2)c2occ(C(F)(F)F)c2c1. The number of nitrogens with two attached hydrogens (primary N) is 1. The number of fused-ring (bicyclic) bond motifs is 1. The van der Waals surface area contributed by atoms with Gasteiger partial charge in [0.25, 0.3) is 0 Å². The molecule has 5 nitrogen and oxygen atoms in total. The predicted molar refractivity (Wildman–Crippen MR) is 126 cm³/mol. The number of alkyl halides is 3. The number of rotatable bonds is 8. The lowest BCUT2D eigenvalue weighted by Gasteiger charge is -2.14. The van der Waals surface area contributed by atoms with Gasteiger partial charge in [0.15, 0.2) is 0 Å². The molecule has 0 aliphatic carbocycles. The number of benzene rings is 3. The standard InChI is InChI=1S/C27H23F4NO4/c1-2-34-25(33)11-19-6-7-20(28)12-24(19)35-14-17-9-21(18-5-3-4-16(8-18)13-32)26-22(10-17)23(15-36-26)27(29,30)31/h3-10,12,15H,2,11,13-14,32H2,1H3.